The molecule has 0 aliphatic heterocycles. The van der Waals surface area contributed by atoms with Gasteiger partial charge in [0.15, 0.2) is 0 Å². The van der Waals surface area contributed by atoms with E-state index in [2.05, 4.69) is 36.5 Å². The Labute approximate surface area is 138 Å². The van der Waals surface area contributed by atoms with Crippen molar-refractivity contribution in [2.24, 2.45) is 0 Å². The van der Waals surface area contributed by atoms with Gasteiger partial charge in [-0.3, -0.25) is 10.1 Å². The lowest BCUT2D eigenvalue weighted by atomic mass is 9.95. The Bertz CT molecular complexity index is 644. The van der Waals surface area contributed by atoms with E-state index in [0.717, 1.165) is 5.56 Å². The Kier molecular flexibility index (Phi) is 5.56. The molecular formula is C20H25NO2. The molecule has 0 amide bonds. The summed E-state index contributed by atoms with van der Waals surface area (Å²) in [5.74, 6) is -0.244. The number of carbonyl (C=O) groups excluding carboxylic acids is 1. The highest BCUT2D eigenvalue weighted by atomic mass is 16.6. The molecule has 0 bridgehead atoms. The van der Waals surface area contributed by atoms with Gasteiger partial charge in [0.2, 0.25) is 0 Å². The first-order valence-corrected chi connectivity index (χ1v) is 7.92. The van der Waals surface area contributed by atoms with E-state index in [0.29, 0.717) is 0 Å². The molecule has 0 aromatic heterocycles. The number of nitrogens with one attached hydrogen (secondary N) is 1. The number of ether oxygens (including phenoxy) is 1. The van der Waals surface area contributed by atoms with Crippen molar-refractivity contribution in [3.8, 4) is 0 Å². The minimum atomic E-state index is -0.469. The predicted molar refractivity (Wildman–Crippen MR) is 93.3 cm³/mol. The van der Waals surface area contributed by atoms with Gasteiger partial charge in [0.05, 0.1) is 12.6 Å². The summed E-state index contributed by atoms with van der Waals surface area (Å²) in [6.07, 6.45) is 0. The fourth-order valence-electron chi connectivity index (χ4n) is 2.53. The molecule has 3 nitrogen and oxygen atoms in total. The minimum absolute atomic E-state index is 0.0371. The maximum absolute atomic E-state index is 12.0. The highest BCUT2D eigenvalue weighted by Gasteiger charge is 2.20. The van der Waals surface area contributed by atoms with Crippen LogP contribution in [0.1, 0.15) is 43.5 Å². The van der Waals surface area contributed by atoms with Gasteiger partial charge < -0.3 is 4.74 Å². The van der Waals surface area contributed by atoms with Crippen LogP contribution in [0.4, 0.5) is 0 Å². The largest absolute Gasteiger partial charge is 0.459 e. The van der Waals surface area contributed by atoms with Crippen LogP contribution in [0.25, 0.3) is 0 Å². The maximum Gasteiger partial charge on any atom is 0.320 e. The Morgan fingerprint density at radius 1 is 1.04 bits per heavy atom. The molecule has 1 unspecified atom stereocenters. The molecule has 3 heteroatoms. The van der Waals surface area contributed by atoms with Crippen LogP contribution in [0.15, 0.2) is 54.6 Å². The summed E-state index contributed by atoms with van der Waals surface area (Å²) in [7, 11) is 0. The van der Waals surface area contributed by atoms with E-state index < -0.39 is 5.60 Å². The molecule has 0 aliphatic rings. The maximum atomic E-state index is 12.0. The molecule has 2 aromatic carbocycles. The van der Waals surface area contributed by atoms with Crippen molar-refractivity contribution >= 4 is 5.97 Å². The Morgan fingerprint density at radius 3 is 2.26 bits per heavy atom. The van der Waals surface area contributed by atoms with Gasteiger partial charge in [-0.2, -0.15) is 0 Å². The summed E-state index contributed by atoms with van der Waals surface area (Å²) in [5.41, 5.74) is 3.02. The molecule has 0 saturated heterocycles. The standard InChI is InChI=1S/C20H25NO2/c1-15-10-8-9-13-17(15)19(16-11-6-5-7-12-16)21-14-18(22)23-20(2,3)4/h5-13,19,21H,14H2,1-4H3. The molecule has 2 aromatic rings. The second kappa shape index (κ2) is 7.42. The molecule has 1 N–H and O–H groups in total. The number of hydrogen-bond donors (Lipinski definition) is 1. The molecule has 122 valence electrons. The molecule has 0 aliphatic carbocycles. The van der Waals surface area contributed by atoms with Crippen LogP contribution in [0.5, 0.6) is 0 Å². The number of aryl methyl sites for hydroxylation is 1. The van der Waals surface area contributed by atoms with Gasteiger partial charge in [0.25, 0.3) is 0 Å². The highest BCUT2D eigenvalue weighted by Crippen LogP contribution is 2.24. The fourth-order valence-corrected chi connectivity index (χ4v) is 2.53. The molecule has 0 heterocycles. The average molecular weight is 311 g/mol. The Hall–Kier alpha value is -2.13. The lowest BCUT2D eigenvalue weighted by Crippen LogP contribution is -2.34. The number of benzene rings is 2. The molecule has 0 spiro atoms. The van der Waals surface area contributed by atoms with Crippen molar-refractivity contribution < 1.29 is 9.53 Å². The minimum Gasteiger partial charge on any atom is -0.459 e. The molecule has 0 radical (unpaired) electrons. The monoisotopic (exact) mass is 311 g/mol. The van der Waals surface area contributed by atoms with E-state index in [1.54, 1.807) is 0 Å². The zero-order valence-electron chi connectivity index (χ0n) is 14.3. The van der Waals surface area contributed by atoms with Gasteiger partial charge in [-0.25, -0.2) is 0 Å². The number of carbonyl (C=O) groups is 1. The Balaban J connectivity index is 2.19. The van der Waals surface area contributed by atoms with Crippen LogP contribution in [0.3, 0.4) is 0 Å². The zero-order chi connectivity index (χ0) is 16.9. The molecule has 2 rings (SSSR count). The van der Waals surface area contributed by atoms with E-state index in [1.165, 1.54) is 11.1 Å². The lowest BCUT2D eigenvalue weighted by Gasteiger charge is -2.23. The van der Waals surface area contributed by atoms with Gasteiger partial charge in [-0.1, -0.05) is 54.6 Å². The smallest absolute Gasteiger partial charge is 0.320 e. The molecule has 23 heavy (non-hydrogen) atoms. The van der Waals surface area contributed by atoms with Crippen LogP contribution in [0.2, 0.25) is 0 Å². The number of esters is 1. The number of rotatable bonds is 5. The summed E-state index contributed by atoms with van der Waals surface area (Å²) in [6, 6.07) is 18.3. The van der Waals surface area contributed by atoms with E-state index in [1.807, 2.05) is 51.1 Å². The summed E-state index contributed by atoms with van der Waals surface area (Å²) in [4.78, 5) is 12.0. The fraction of sp³-hybridized carbons (Fsp3) is 0.350. The molecule has 0 saturated carbocycles. The van der Waals surface area contributed by atoms with E-state index in [-0.39, 0.29) is 18.6 Å². The third kappa shape index (κ3) is 5.22. The summed E-state index contributed by atoms with van der Waals surface area (Å²) in [6.45, 7) is 7.88. The van der Waals surface area contributed by atoms with Crippen LogP contribution in [-0.2, 0) is 9.53 Å². The number of hydrogen-bond acceptors (Lipinski definition) is 3. The van der Waals surface area contributed by atoms with Crippen molar-refractivity contribution in [1.29, 1.82) is 0 Å². The highest BCUT2D eigenvalue weighted by molar-refractivity contribution is 5.72. The van der Waals surface area contributed by atoms with Gasteiger partial charge >= 0.3 is 5.97 Å². The van der Waals surface area contributed by atoms with Gasteiger partial charge in [0, 0.05) is 0 Å². The first-order valence-electron chi connectivity index (χ1n) is 7.92. The van der Waals surface area contributed by atoms with Crippen LogP contribution in [-0.4, -0.2) is 18.1 Å². The van der Waals surface area contributed by atoms with E-state index in [9.17, 15) is 4.79 Å². The molecular weight excluding hydrogens is 286 g/mol. The topological polar surface area (TPSA) is 38.3 Å². The van der Waals surface area contributed by atoms with Gasteiger partial charge in [-0.05, 0) is 44.4 Å². The van der Waals surface area contributed by atoms with Crippen molar-refractivity contribution in [2.75, 3.05) is 6.54 Å². The van der Waals surface area contributed by atoms with Crippen molar-refractivity contribution in [1.82, 2.24) is 5.32 Å². The van der Waals surface area contributed by atoms with Gasteiger partial charge in [-0.15, -0.1) is 0 Å². The van der Waals surface area contributed by atoms with Crippen LogP contribution >= 0.6 is 0 Å². The van der Waals surface area contributed by atoms with Crippen LogP contribution in [0, 0.1) is 6.92 Å². The Morgan fingerprint density at radius 2 is 1.65 bits per heavy atom. The quantitative estimate of drug-likeness (QED) is 0.848. The molecule has 1 atom stereocenters. The van der Waals surface area contributed by atoms with Crippen LogP contribution < -0.4 is 5.32 Å². The summed E-state index contributed by atoms with van der Waals surface area (Å²) >= 11 is 0. The first kappa shape index (κ1) is 17.2. The summed E-state index contributed by atoms with van der Waals surface area (Å²) < 4.78 is 5.39. The van der Waals surface area contributed by atoms with Crippen molar-refractivity contribution in [3.63, 3.8) is 0 Å². The normalized spacial score (nSPS) is 12.7. The van der Waals surface area contributed by atoms with E-state index >= 15 is 0 Å². The predicted octanol–water partition coefficient (Wildman–Crippen LogP) is 4.02. The second-order valence-corrected chi connectivity index (χ2v) is 6.67. The average Bonchev–Trinajstić information content (AvgIpc) is 2.48. The van der Waals surface area contributed by atoms with E-state index in [4.69, 9.17) is 4.74 Å². The van der Waals surface area contributed by atoms with Crippen molar-refractivity contribution in [3.05, 3.63) is 71.3 Å². The van der Waals surface area contributed by atoms with Crippen molar-refractivity contribution in [2.45, 2.75) is 39.3 Å². The lowest BCUT2D eigenvalue weighted by molar-refractivity contribution is -0.153. The third-order valence-corrected chi connectivity index (χ3v) is 3.50. The second-order valence-electron chi connectivity index (χ2n) is 6.67. The first-order chi connectivity index (χ1) is 10.9. The van der Waals surface area contributed by atoms with Gasteiger partial charge in [0.1, 0.15) is 5.60 Å². The summed E-state index contributed by atoms with van der Waals surface area (Å²) in [5, 5.41) is 3.34. The molecule has 0 fully saturated rings. The third-order valence-electron chi connectivity index (χ3n) is 3.50. The zero-order valence-corrected chi connectivity index (χ0v) is 14.3. The SMILES string of the molecule is Cc1ccccc1C(NCC(=O)OC(C)(C)C)c1ccccc1.